The molecule has 0 spiro atoms. The van der Waals surface area contributed by atoms with Gasteiger partial charge in [-0.15, -0.1) is 0 Å². The lowest BCUT2D eigenvalue weighted by Gasteiger charge is -2.45. The smallest absolute Gasteiger partial charge is 0.220 e. The summed E-state index contributed by atoms with van der Waals surface area (Å²) < 4.78 is 0. The minimum atomic E-state index is 0.160. The van der Waals surface area contributed by atoms with E-state index in [1.54, 1.807) is 0 Å². The average Bonchev–Trinajstić information content (AvgIpc) is 2.45. The Kier molecular flexibility index (Phi) is 8.27. The molecule has 1 fully saturated rings. The van der Waals surface area contributed by atoms with Crippen molar-refractivity contribution in [3.8, 4) is 0 Å². The van der Waals surface area contributed by atoms with E-state index in [9.17, 15) is 4.79 Å². The quantitative estimate of drug-likeness (QED) is 0.643. The highest BCUT2D eigenvalue weighted by atomic mass is 16.1. The molecule has 1 amide bonds. The van der Waals surface area contributed by atoms with Gasteiger partial charge in [-0.3, -0.25) is 4.79 Å². The molecule has 4 nitrogen and oxygen atoms in total. The Morgan fingerprint density at radius 2 is 2.00 bits per heavy atom. The van der Waals surface area contributed by atoms with Crippen LogP contribution in [0.4, 0.5) is 0 Å². The van der Waals surface area contributed by atoms with Gasteiger partial charge in [0.05, 0.1) is 0 Å². The maximum Gasteiger partial charge on any atom is 0.220 e. The number of rotatable bonds is 9. The number of amides is 1. The van der Waals surface area contributed by atoms with E-state index in [1.807, 2.05) is 0 Å². The molecule has 4 heteroatoms. The summed E-state index contributed by atoms with van der Waals surface area (Å²) in [5.41, 5.74) is 5.63. The first-order chi connectivity index (χ1) is 10.00. The maximum atomic E-state index is 12.0. The van der Waals surface area contributed by atoms with Crippen molar-refractivity contribution < 1.29 is 4.79 Å². The minimum absolute atomic E-state index is 0.160. The number of carbonyl (C=O) groups excluding carboxylic acids is 1. The molecule has 0 aliphatic heterocycles. The van der Waals surface area contributed by atoms with Crippen molar-refractivity contribution in [1.82, 2.24) is 10.2 Å². The topological polar surface area (TPSA) is 58.4 Å². The third-order valence-corrected chi connectivity index (χ3v) is 4.99. The van der Waals surface area contributed by atoms with Crippen molar-refractivity contribution in [1.29, 1.82) is 0 Å². The minimum Gasteiger partial charge on any atom is -0.354 e. The van der Waals surface area contributed by atoms with E-state index in [2.05, 4.69) is 31.2 Å². The van der Waals surface area contributed by atoms with Gasteiger partial charge in [-0.25, -0.2) is 0 Å². The van der Waals surface area contributed by atoms with Crippen molar-refractivity contribution in [3.63, 3.8) is 0 Å². The van der Waals surface area contributed by atoms with Gasteiger partial charge in [-0.1, -0.05) is 32.6 Å². The molecule has 0 heterocycles. The zero-order chi connectivity index (χ0) is 15.7. The van der Waals surface area contributed by atoms with Crippen LogP contribution in [-0.2, 0) is 4.79 Å². The highest BCUT2D eigenvalue weighted by molar-refractivity contribution is 5.75. The standard InChI is InChI=1S/C17H35N3O/c1-15-9-8-11-17(13-15,20(2)3)14-19-16(21)10-6-4-5-7-12-18/h15H,4-14,18H2,1-3H3,(H,19,21). The van der Waals surface area contributed by atoms with Crippen LogP contribution >= 0.6 is 0 Å². The second-order valence-corrected chi connectivity index (χ2v) is 7.05. The molecule has 0 bridgehead atoms. The number of carbonyl (C=O) groups is 1. The van der Waals surface area contributed by atoms with Gasteiger partial charge in [-0.2, -0.15) is 0 Å². The fourth-order valence-corrected chi connectivity index (χ4v) is 3.49. The molecule has 1 saturated carbocycles. The van der Waals surface area contributed by atoms with Gasteiger partial charge in [0.2, 0.25) is 5.91 Å². The number of hydrogen-bond acceptors (Lipinski definition) is 3. The third kappa shape index (κ3) is 6.35. The van der Waals surface area contributed by atoms with Crippen LogP contribution in [0.2, 0.25) is 0 Å². The molecule has 1 aliphatic rings. The Hall–Kier alpha value is -0.610. The van der Waals surface area contributed by atoms with Gasteiger partial charge >= 0.3 is 0 Å². The van der Waals surface area contributed by atoms with E-state index in [4.69, 9.17) is 5.73 Å². The molecule has 0 aromatic carbocycles. The highest BCUT2D eigenvalue weighted by Gasteiger charge is 2.36. The highest BCUT2D eigenvalue weighted by Crippen LogP contribution is 2.35. The number of nitrogens with two attached hydrogens (primary N) is 1. The Balaban J connectivity index is 2.31. The molecule has 124 valence electrons. The van der Waals surface area contributed by atoms with E-state index >= 15 is 0 Å². The molecule has 0 aromatic heterocycles. The lowest BCUT2D eigenvalue weighted by Crippen LogP contribution is -2.55. The van der Waals surface area contributed by atoms with Crippen LogP contribution in [0, 0.1) is 5.92 Å². The van der Waals surface area contributed by atoms with E-state index in [0.717, 1.165) is 44.7 Å². The third-order valence-electron chi connectivity index (χ3n) is 4.99. The summed E-state index contributed by atoms with van der Waals surface area (Å²) in [5.74, 6) is 0.969. The van der Waals surface area contributed by atoms with E-state index < -0.39 is 0 Å². The number of likely N-dealkylation sites (N-methyl/N-ethyl adjacent to an activating group) is 1. The van der Waals surface area contributed by atoms with Crippen molar-refractivity contribution in [2.75, 3.05) is 27.2 Å². The Morgan fingerprint density at radius 3 is 2.62 bits per heavy atom. The fourth-order valence-electron chi connectivity index (χ4n) is 3.49. The Bertz CT molecular complexity index is 306. The Morgan fingerprint density at radius 1 is 1.29 bits per heavy atom. The molecule has 0 aromatic rings. The van der Waals surface area contributed by atoms with Crippen LogP contribution in [0.25, 0.3) is 0 Å². The van der Waals surface area contributed by atoms with Crippen LogP contribution in [0.1, 0.15) is 64.7 Å². The zero-order valence-corrected chi connectivity index (χ0v) is 14.3. The molecule has 0 saturated heterocycles. The summed E-state index contributed by atoms with van der Waals surface area (Å²) in [4.78, 5) is 14.3. The maximum absolute atomic E-state index is 12.0. The largest absolute Gasteiger partial charge is 0.354 e. The lowest BCUT2D eigenvalue weighted by molar-refractivity contribution is -0.122. The molecule has 2 unspecified atom stereocenters. The first kappa shape index (κ1) is 18.4. The second kappa shape index (κ2) is 9.42. The fraction of sp³-hybridized carbons (Fsp3) is 0.941. The summed E-state index contributed by atoms with van der Waals surface area (Å²) in [6.45, 7) is 3.89. The number of nitrogens with zero attached hydrogens (tertiary/aromatic N) is 1. The van der Waals surface area contributed by atoms with E-state index in [0.29, 0.717) is 6.42 Å². The molecule has 0 radical (unpaired) electrons. The first-order valence-electron chi connectivity index (χ1n) is 8.64. The summed E-state index contributed by atoms with van der Waals surface area (Å²) in [6.07, 6.45) is 9.95. The van der Waals surface area contributed by atoms with Gasteiger partial charge in [0.25, 0.3) is 0 Å². The van der Waals surface area contributed by atoms with Crippen molar-refractivity contribution in [2.45, 2.75) is 70.3 Å². The molecule has 21 heavy (non-hydrogen) atoms. The van der Waals surface area contributed by atoms with Gasteiger partial charge in [0, 0.05) is 18.5 Å². The summed E-state index contributed by atoms with van der Waals surface area (Å²) in [5, 5.41) is 3.18. The Labute approximate surface area is 130 Å². The van der Waals surface area contributed by atoms with Crippen molar-refractivity contribution in [3.05, 3.63) is 0 Å². The van der Waals surface area contributed by atoms with Gasteiger partial charge in [-0.05, 0) is 52.2 Å². The van der Waals surface area contributed by atoms with Crippen LogP contribution in [0.5, 0.6) is 0 Å². The van der Waals surface area contributed by atoms with Gasteiger partial charge in [0.1, 0.15) is 0 Å². The molecular formula is C17H35N3O. The first-order valence-corrected chi connectivity index (χ1v) is 8.64. The van der Waals surface area contributed by atoms with Crippen molar-refractivity contribution >= 4 is 5.91 Å². The summed E-state index contributed by atoms with van der Waals surface area (Å²) in [7, 11) is 4.30. The van der Waals surface area contributed by atoms with Gasteiger partial charge < -0.3 is 16.0 Å². The van der Waals surface area contributed by atoms with Crippen LogP contribution in [0.3, 0.4) is 0 Å². The number of hydrogen-bond donors (Lipinski definition) is 2. The predicted molar refractivity (Wildman–Crippen MR) is 89.2 cm³/mol. The summed E-state index contributed by atoms with van der Waals surface area (Å²) in [6, 6.07) is 0. The zero-order valence-electron chi connectivity index (χ0n) is 14.3. The number of unbranched alkanes of at least 4 members (excludes halogenated alkanes) is 3. The van der Waals surface area contributed by atoms with Gasteiger partial charge in [0.15, 0.2) is 0 Å². The van der Waals surface area contributed by atoms with Crippen LogP contribution in [-0.4, -0.2) is 43.5 Å². The SMILES string of the molecule is CC1CCCC(CNC(=O)CCCCCCN)(N(C)C)C1. The predicted octanol–water partition coefficient (Wildman–Crippen LogP) is 2.52. The monoisotopic (exact) mass is 297 g/mol. The second-order valence-electron chi connectivity index (χ2n) is 7.05. The lowest BCUT2D eigenvalue weighted by atomic mass is 9.75. The molecule has 3 N–H and O–H groups in total. The van der Waals surface area contributed by atoms with E-state index in [1.165, 1.54) is 25.7 Å². The summed E-state index contributed by atoms with van der Waals surface area (Å²) >= 11 is 0. The number of nitrogens with one attached hydrogen (secondary N) is 1. The molecule has 2 atom stereocenters. The van der Waals surface area contributed by atoms with Crippen LogP contribution < -0.4 is 11.1 Å². The van der Waals surface area contributed by atoms with Crippen LogP contribution in [0.15, 0.2) is 0 Å². The normalized spacial score (nSPS) is 26.0. The molecule has 1 rings (SSSR count). The van der Waals surface area contributed by atoms with Crippen molar-refractivity contribution in [2.24, 2.45) is 11.7 Å². The van der Waals surface area contributed by atoms with E-state index in [-0.39, 0.29) is 11.4 Å². The molecule has 1 aliphatic carbocycles. The molecular weight excluding hydrogens is 262 g/mol. The average molecular weight is 297 g/mol.